The topological polar surface area (TPSA) is 95.9 Å². The Kier molecular flexibility index (Phi) is 4.92. The summed E-state index contributed by atoms with van der Waals surface area (Å²) in [4.78, 5) is 36.8. The Morgan fingerprint density at radius 2 is 2.04 bits per heavy atom. The Morgan fingerprint density at radius 1 is 1.28 bits per heavy atom. The highest BCUT2D eigenvalue weighted by Crippen LogP contribution is 2.30. The highest BCUT2D eigenvalue weighted by atomic mass is 16.5. The molecule has 1 aliphatic heterocycles. The number of carboxylic acids is 1. The summed E-state index contributed by atoms with van der Waals surface area (Å²) in [6, 6.07) is 6.59. The van der Waals surface area contributed by atoms with Gasteiger partial charge in [0.1, 0.15) is 5.75 Å². The number of rotatable bonds is 6. The summed E-state index contributed by atoms with van der Waals surface area (Å²) in [5, 5.41) is 12.0. The van der Waals surface area contributed by atoms with E-state index in [0.29, 0.717) is 24.4 Å². The molecule has 7 nitrogen and oxygen atoms in total. The quantitative estimate of drug-likeness (QED) is 0.818. The number of carbonyl (C=O) groups excluding carboxylic acids is 2. The van der Waals surface area contributed by atoms with Crippen LogP contribution in [0.25, 0.3) is 0 Å². The van der Waals surface area contributed by atoms with Gasteiger partial charge in [0, 0.05) is 30.3 Å². The number of anilines is 1. The Bertz CT molecular complexity index is 686. The van der Waals surface area contributed by atoms with Crippen molar-refractivity contribution in [2.45, 2.75) is 32.2 Å². The Labute approximate surface area is 146 Å². The summed E-state index contributed by atoms with van der Waals surface area (Å²) < 4.78 is 5.53. The lowest BCUT2D eigenvalue weighted by molar-refractivity contribution is -0.143. The fraction of sp³-hybridized carbons (Fsp3) is 0.500. The molecule has 1 heterocycles. The van der Waals surface area contributed by atoms with Gasteiger partial charge in [-0.2, -0.15) is 0 Å². The first kappa shape index (κ1) is 17.3. The summed E-state index contributed by atoms with van der Waals surface area (Å²) in [7, 11) is 0. The van der Waals surface area contributed by atoms with Crippen LogP contribution in [0.15, 0.2) is 24.3 Å². The normalized spacial score (nSPS) is 22.5. The lowest BCUT2D eigenvalue weighted by Crippen LogP contribution is -2.40. The van der Waals surface area contributed by atoms with E-state index in [4.69, 9.17) is 9.84 Å². The number of carboxylic acid groups (broad SMARTS) is 1. The zero-order chi connectivity index (χ0) is 18.0. The number of likely N-dealkylation sites (tertiary alicyclic amines) is 1. The van der Waals surface area contributed by atoms with E-state index in [9.17, 15) is 14.4 Å². The number of hydrogen-bond acceptors (Lipinski definition) is 4. The second-order valence-corrected chi connectivity index (χ2v) is 6.64. The maximum absolute atomic E-state index is 12.3. The molecule has 1 aromatic carbocycles. The van der Waals surface area contributed by atoms with Crippen molar-refractivity contribution < 1.29 is 24.2 Å². The predicted octanol–water partition coefficient (Wildman–Crippen LogP) is 1.74. The van der Waals surface area contributed by atoms with E-state index in [1.807, 2.05) is 0 Å². The average Bonchev–Trinajstić information content (AvgIpc) is 3.35. The average molecular weight is 346 g/mol. The summed E-state index contributed by atoms with van der Waals surface area (Å²) in [5.41, 5.74) is 0.641. The van der Waals surface area contributed by atoms with Gasteiger partial charge in [-0.15, -0.1) is 0 Å². The molecule has 1 aromatic rings. The number of hydrogen-bond donors (Lipinski definition) is 2. The summed E-state index contributed by atoms with van der Waals surface area (Å²) >= 11 is 0. The maximum atomic E-state index is 12.3. The second kappa shape index (κ2) is 7.13. The molecule has 134 valence electrons. The van der Waals surface area contributed by atoms with Crippen LogP contribution in [0.4, 0.5) is 5.69 Å². The smallest absolute Gasteiger partial charge is 0.308 e. The molecule has 0 radical (unpaired) electrons. The van der Waals surface area contributed by atoms with Crippen molar-refractivity contribution in [3.63, 3.8) is 0 Å². The summed E-state index contributed by atoms with van der Waals surface area (Å²) in [6.45, 7) is 2.02. The van der Waals surface area contributed by atoms with Gasteiger partial charge in [0.2, 0.25) is 5.91 Å². The Hall–Kier alpha value is -2.57. The van der Waals surface area contributed by atoms with Gasteiger partial charge in [-0.1, -0.05) is 6.07 Å². The van der Waals surface area contributed by atoms with E-state index in [1.165, 1.54) is 0 Å². The number of nitrogens with one attached hydrogen (secondary N) is 1. The number of carbonyl (C=O) groups is 3. The van der Waals surface area contributed by atoms with Crippen LogP contribution in [-0.4, -0.2) is 47.0 Å². The fourth-order valence-corrected chi connectivity index (χ4v) is 3.10. The van der Waals surface area contributed by atoms with E-state index in [1.54, 1.807) is 36.1 Å². The minimum Gasteiger partial charge on any atom is -0.484 e. The first-order valence-corrected chi connectivity index (χ1v) is 8.51. The number of benzene rings is 1. The molecule has 7 heteroatoms. The van der Waals surface area contributed by atoms with Crippen LogP contribution in [0.5, 0.6) is 5.75 Å². The van der Waals surface area contributed by atoms with Crippen molar-refractivity contribution in [2.24, 2.45) is 11.8 Å². The molecule has 2 aliphatic rings. The lowest BCUT2D eigenvalue weighted by atomic mass is 10.0. The van der Waals surface area contributed by atoms with E-state index in [0.717, 1.165) is 12.8 Å². The van der Waals surface area contributed by atoms with Crippen LogP contribution in [0.2, 0.25) is 0 Å². The lowest BCUT2D eigenvalue weighted by Gasteiger charge is -2.23. The molecule has 1 saturated heterocycles. The zero-order valence-corrected chi connectivity index (χ0v) is 14.1. The van der Waals surface area contributed by atoms with Crippen molar-refractivity contribution in [3.05, 3.63) is 24.3 Å². The molecule has 0 bridgehead atoms. The van der Waals surface area contributed by atoms with E-state index in [-0.39, 0.29) is 30.4 Å². The third-order valence-electron chi connectivity index (χ3n) is 4.80. The van der Waals surface area contributed by atoms with Gasteiger partial charge in [-0.25, -0.2) is 0 Å². The van der Waals surface area contributed by atoms with Gasteiger partial charge >= 0.3 is 5.97 Å². The molecule has 1 aliphatic carbocycles. The fourth-order valence-electron chi connectivity index (χ4n) is 3.10. The molecule has 1 saturated carbocycles. The summed E-state index contributed by atoms with van der Waals surface area (Å²) in [6.07, 6.45) is 2.33. The zero-order valence-electron chi connectivity index (χ0n) is 14.1. The van der Waals surface area contributed by atoms with Crippen molar-refractivity contribution in [1.29, 1.82) is 0 Å². The van der Waals surface area contributed by atoms with Crippen molar-refractivity contribution >= 4 is 23.5 Å². The van der Waals surface area contributed by atoms with Gasteiger partial charge < -0.3 is 20.1 Å². The van der Waals surface area contributed by atoms with Crippen LogP contribution >= 0.6 is 0 Å². The minimum atomic E-state index is -0.872. The SMILES string of the molecule is CC1C(C(=O)O)CCN1C(=O)COc1cccc(NC(=O)C2CC2)c1. The van der Waals surface area contributed by atoms with Gasteiger partial charge in [0.25, 0.3) is 5.91 Å². The Morgan fingerprint density at radius 3 is 2.68 bits per heavy atom. The molecule has 2 amide bonds. The largest absolute Gasteiger partial charge is 0.484 e. The molecule has 0 spiro atoms. The third kappa shape index (κ3) is 4.10. The van der Waals surface area contributed by atoms with E-state index >= 15 is 0 Å². The van der Waals surface area contributed by atoms with Crippen LogP contribution in [0.1, 0.15) is 26.2 Å². The molecule has 2 unspecified atom stereocenters. The second-order valence-electron chi connectivity index (χ2n) is 6.64. The number of ether oxygens (including phenoxy) is 1. The minimum absolute atomic E-state index is 0.0128. The van der Waals surface area contributed by atoms with Gasteiger partial charge in [-0.05, 0) is 38.3 Å². The molecule has 2 N–H and O–H groups in total. The number of amides is 2. The molecule has 2 atom stereocenters. The molecule has 25 heavy (non-hydrogen) atoms. The van der Waals surface area contributed by atoms with Crippen LogP contribution in [-0.2, 0) is 14.4 Å². The van der Waals surface area contributed by atoms with Crippen molar-refractivity contribution in [2.75, 3.05) is 18.5 Å². The standard InChI is InChI=1S/C18H22N2O5/c1-11-15(18(23)24)7-8-20(11)16(21)10-25-14-4-2-3-13(9-14)19-17(22)12-5-6-12/h2-4,9,11-12,15H,5-8,10H2,1H3,(H,19,22)(H,23,24). The highest BCUT2D eigenvalue weighted by Gasteiger charge is 2.38. The molecular formula is C18H22N2O5. The maximum Gasteiger partial charge on any atom is 0.308 e. The number of nitrogens with zero attached hydrogens (tertiary/aromatic N) is 1. The van der Waals surface area contributed by atoms with E-state index < -0.39 is 11.9 Å². The predicted molar refractivity (Wildman–Crippen MR) is 90.2 cm³/mol. The summed E-state index contributed by atoms with van der Waals surface area (Å²) in [5.74, 6) is -1.01. The first-order valence-electron chi connectivity index (χ1n) is 8.51. The van der Waals surface area contributed by atoms with Gasteiger partial charge in [0.05, 0.1) is 5.92 Å². The van der Waals surface area contributed by atoms with Crippen LogP contribution in [0, 0.1) is 11.8 Å². The van der Waals surface area contributed by atoms with Gasteiger partial charge in [-0.3, -0.25) is 14.4 Å². The highest BCUT2D eigenvalue weighted by molar-refractivity contribution is 5.94. The third-order valence-corrected chi connectivity index (χ3v) is 4.80. The molecule has 0 aromatic heterocycles. The van der Waals surface area contributed by atoms with Crippen molar-refractivity contribution in [3.8, 4) is 5.75 Å². The molecule has 3 rings (SSSR count). The number of aliphatic carboxylic acids is 1. The van der Waals surface area contributed by atoms with Crippen LogP contribution in [0.3, 0.4) is 0 Å². The molecule has 2 fully saturated rings. The molecular weight excluding hydrogens is 324 g/mol. The van der Waals surface area contributed by atoms with Gasteiger partial charge in [0.15, 0.2) is 6.61 Å². The first-order chi connectivity index (χ1) is 12.0. The monoisotopic (exact) mass is 346 g/mol. The Balaban J connectivity index is 1.53. The van der Waals surface area contributed by atoms with E-state index in [2.05, 4.69) is 5.32 Å². The van der Waals surface area contributed by atoms with Crippen LogP contribution < -0.4 is 10.1 Å². The van der Waals surface area contributed by atoms with Crippen molar-refractivity contribution in [1.82, 2.24) is 4.90 Å².